The van der Waals surface area contributed by atoms with Crippen LogP contribution in [0.2, 0.25) is 0 Å². The summed E-state index contributed by atoms with van der Waals surface area (Å²) in [5, 5.41) is 0. The fraction of sp³-hybridized carbons (Fsp3) is 0.286. The Hall–Kier alpha value is -2.60. The number of carbonyl (C=O) groups is 1. The minimum Gasteiger partial charge on any atom is -0.469 e. The van der Waals surface area contributed by atoms with Crippen molar-refractivity contribution in [2.45, 2.75) is 37.1 Å². The number of hydrogen-bond donors (Lipinski definition) is 0. The summed E-state index contributed by atoms with van der Waals surface area (Å²) in [6.45, 7) is 6.06. The van der Waals surface area contributed by atoms with E-state index in [4.69, 9.17) is 0 Å². The standard InChI is InChI=1S/C21H23NO4S/c1-15-11-13-17(14-12-15)27(24,25)22-19(9-6-10-21(23)26-3)16(2)18-7-4-5-8-20(18)22/h4-5,7-8,11-14,19H,2,6,9-10H2,1,3H3. The molecule has 2 aromatic carbocycles. The Morgan fingerprint density at radius 3 is 2.48 bits per heavy atom. The molecule has 0 saturated heterocycles. The number of methoxy groups -OCH3 is 1. The Morgan fingerprint density at radius 2 is 1.81 bits per heavy atom. The maximum Gasteiger partial charge on any atom is 0.305 e. The molecule has 1 aliphatic heterocycles. The van der Waals surface area contributed by atoms with Gasteiger partial charge in [-0.05, 0) is 43.5 Å². The summed E-state index contributed by atoms with van der Waals surface area (Å²) < 4.78 is 33.0. The highest BCUT2D eigenvalue weighted by molar-refractivity contribution is 7.93. The van der Waals surface area contributed by atoms with Crippen LogP contribution in [0.15, 0.2) is 60.0 Å². The van der Waals surface area contributed by atoms with Gasteiger partial charge in [0.25, 0.3) is 10.0 Å². The molecule has 0 saturated carbocycles. The van der Waals surface area contributed by atoms with Gasteiger partial charge in [0.05, 0.1) is 23.7 Å². The van der Waals surface area contributed by atoms with Gasteiger partial charge in [0.15, 0.2) is 0 Å². The predicted octanol–water partition coefficient (Wildman–Crippen LogP) is 3.93. The van der Waals surface area contributed by atoms with Crippen molar-refractivity contribution in [2.24, 2.45) is 0 Å². The number of anilines is 1. The third kappa shape index (κ3) is 3.62. The van der Waals surface area contributed by atoms with Crippen LogP contribution in [0.4, 0.5) is 5.69 Å². The molecule has 1 unspecified atom stereocenters. The number of benzene rings is 2. The van der Waals surface area contributed by atoms with Crippen molar-refractivity contribution >= 4 is 27.3 Å². The number of sulfonamides is 1. The van der Waals surface area contributed by atoms with Crippen molar-refractivity contribution in [3.8, 4) is 0 Å². The van der Waals surface area contributed by atoms with Crippen molar-refractivity contribution in [3.05, 3.63) is 66.2 Å². The Kier molecular flexibility index (Phi) is 5.37. The first kappa shape index (κ1) is 19.2. The van der Waals surface area contributed by atoms with Crippen LogP contribution in [0.25, 0.3) is 5.57 Å². The van der Waals surface area contributed by atoms with Gasteiger partial charge in [-0.3, -0.25) is 9.10 Å². The van der Waals surface area contributed by atoms with E-state index in [0.717, 1.165) is 16.7 Å². The predicted molar refractivity (Wildman–Crippen MR) is 106 cm³/mol. The monoisotopic (exact) mass is 385 g/mol. The number of esters is 1. The highest BCUT2D eigenvalue weighted by Gasteiger charge is 2.40. The van der Waals surface area contributed by atoms with Crippen LogP contribution >= 0.6 is 0 Å². The topological polar surface area (TPSA) is 63.7 Å². The average Bonchev–Trinajstić information content (AvgIpc) is 2.95. The van der Waals surface area contributed by atoms with Crippen molar-refractivity contribution in [1.29, 1.82) is 0 Å². The zero-order valence-corrected chi connectivity index (χ0v) is 16.3. The van der Waals surface area contributed by atoms with Crippen LogP contribution in [0.3, 0.4) is 0 Å². The molecule has 1 atom stereocenters. The van der Waals surface area contributed by atoms with Gasteiger partial charge in [0.1, 0.15) is 0 Å². The first-order valence-electron chi connectivity index (χ1n) is 8.82. The third-order valence-corrected chi connectivity index (χ3v) is 6.67. The Bertz CT molecular complexity index is 964. The van der Waals surface area contributed by atoms with Crippen molar-refractivity contribution in [3.63, 3.8) is 0 Å². The van der Waals surface area contributed by atoms with Gasteiger partial charge in [0, 0.05) is 12.0 Å². The summed E-state index contributed by atoms with van der Waals surface area (Å²) in [6, 6.07) is 13.8. The lowest BCUT2D eigenvalue weighted by Crippen LogP contribution is -2.37. The molecule has 142 valence electrons. The fourth-order valence-electron chi connectivity index (χ4n) is 3.38. The van der Waals surface area contributed by atoms with Gasteiger partial charge < -0.3 is 4.74 Å². The number of nitrogens with zero attached hydrogens (tertiary/aromatic N) is 1. The van der Waals surface area contributed by atoms with Crippen LogP contribution in [0.1, 0.15) is 30.4 Å². The van der Waals surface area contributed by atoms with Crippen LogP contribution in [-0.4, -0.2) is 27.5 Å². The molecule has 2 aromatic rings. The second-order valence-corrected chi connectivity index (χ2v) is 8.46. The number of hydrogen-bond acceptors (Lipinski definition) is 4. The minimum absolute atomic E-state index is 0.245. The zero-order valence-electron chi connectivity index (χ0n) is 15.5. The van der Waals surface area contributed by atoms with Crippen LogP contribution in [0.5, 0.6) is 0 Å². The number of para-hydroxylation sites is 1. The van der Waals surface area contributed by atoms with Gasteiger partial charge in [0.2, 0.25) is 0 Å². The summed E-state index contributed by atoms with van der Waals surface area (Å²) >= 11 is 0. The maximum atomic E-state index is 13.4. The molecule has 1 heterocycles. The molecule has 0 aromatic heterocycles. The summed E-state index contributed by atoms with van der Waals surface area (Å²) in [7, 11) is -2.40. The quantitative estimate of drug-likeness (QED) is 0.707. The smallest absolute Gasteiger partial charge is 0.305 e. The molecule has 0 spiro atoms. The molecule has 27 heavy (non-hydrogen) atoms. The van der Waals surface area contributed by atoms with Crippen LogP contribution in [0, 0.1) is 6.92 Å². The third-order valence-electron chi connectivity index (χ3n) is 4.84. The first-order valence-corrected chi connectivity index (χ1v) is 10.3. The van der Waals surface area contributed by atoms with E-state index < -0.39 is 16.1 Å². The van der Waals surface area contributed by atoms with Gasteiger partial charge in [-0.1, -0.05) is 42.5 Å². The van der Waals surface area contributed by atoms with Gasteiger partial charge >= 0.3 is 5.97 Å². The van der Waals surface area contributed by atoms with Gasteiger partial charge in [-0.2, -0.15) is 0 Å². The molecule has 5 nitrogen and oxygen atoms in total. The minimum atomic E-state index is -3.75. The normalized spacial score (nSPS) is 16.3. The second kappa shape index (κ2) is 7.56. The summed E-state index contributed by atoms with van der Waals surface area (Å²) in [5.74, 6) is -0.302. The molecule has 0 radical (unpaired) electrons. The molecule has 0 amide bonds. The summed E-state index contributed by atoms with van der Waals surface area (Å²) in [5.41, 5.74) is 3.21. The number of ether oxygens (including phenoxy) is 1. The molecular weight excluding hydrogens is 362 g/mol. The van der Waals surface area contributed by atoms with E-state index in [1.807, 2.05) is 25.1 Å². The van der Waals surface area contributed by atoms with Crippen molar-refractivity contribution in [1.82, 2.24) is 0 Å². The Balaban J connectivity index is 1.98. The molecule has 0 bridgehead atoms. The summed E-state index contributed by atoms with van der Waals surface area (Å²) in [6.07, 6.45) is 1.26. The molecule has 0 aliphatic carbocycles. The van der Waals surface area contributed by atoms with E-state index in [9.17, 15) is 13.2 Å². The highest BCUT2D eigenvalue weighted by atomic mass is 32.2. The molecule has 1 aliphatic rings. The average molecular weight is 385 g/mol. The van der Waals surface area contributed by atoms with E-state index in [1.165, 1.54) is 11.4 Å². The van der Waals surface area contributed by atoms with Gasteiger partial charge in [-0.15, -0.1) is 0 Å². The van der Waals surface area contributed by atoms with Crippen molar-refractivity contribution in [2.75, 3.05) is 11.4 Å². The van der Waals surface area contributed by atoms with E-state index in [0.29, 0.717) is 18.5 Å². The second-order valence-electron chi connectivity index (χ2n) is 6.64. The van der Waals surface area contributed by atoms with Crippen molar-refractivity contribution < 1.29 is 17.9 Å². The number of carbonyl (C=O) groups excluding carboxylic acids is 1. The van der Waals surface area contributed by atoms with Crippen LogP contribution < -0.4 is 4.31 Å². The largest absolute Gasteiger partial charge is 0.469 e. The highest BCUT2D eigenvalue weighted by Crippen LogP contribution is 2.44. The van der Waals surface area contributed by atoms with Crippen LogP contribution in [-0.2, 0) is 19.6 Å². The van der Waals surface area contributed by atoms with Gasteiger partial charge in [-0.25, -0.2) is 8.42 Å². The molecular formula is C21H23NO4S. The molecule has 3 rings (SSSR count). The number of aryl methyl sites for hydroxylation is 1. The Labute approximate surface area is 160 Å². The molecule has 6 heteroatoms. The van der Waals surface area contributed by atoms with E-state index in [-0.39, 0.29) is 17.3 Å². The lowest BCUT2D eigenvalue weighted by molar-refractivity contribution is -0.140. The van der Waals surface area contributed by atoms with E-state index >= 15 is 0 Å². The lowest BCUT2D eigenvalue weighted by atomic mass is 10.0. The van der Waals surface area contributed by atoms with E-state index in [2.05, 4.69) is 11.3 Å². The fourth-order valence-corrected chi connectivity index (χ4v) is 5.07. The lowest BCUT2D eigenvalue weighted by Gasteiger charge is -2.27. The first-order chi connectivity index (χ1) is 12.9. The summed E-state index contributed by atoms with van der Waals surface area (Å²) in [4.78, 5) is 11.7. The SMILES string of the molecule is C=C1c2ccccc2N(S(=O)(=O)c2ccc(C)cc2)C1CCCC(=O)OC. The zero-order chi connectivity index (χ0) is 19.6. The van der Waals surface area contributed by atoms with E-state index in [1.54, 1.807) is 30.3 Å². The number of rotatable bonds is 6. The maximum absolute atomic E-state index is 13.4. The Morgan fingerprint density at radius 1 is 1.15 bits per heavy atom. The molecule has 0 fully saturated rings. The number of fused-ring (bicyclic) bond motifs is 1. The molecule has 0 N–H and O–H groups in total.